The Morgan fingerprint density at radius 1 is 1.41 bits per heavy atom. The van der Waals surface area contributed by atoms with Crippen molar-refractivity contribution >= 4 is 11.9 Å². The molecule has 1 rings (SSSR count). The highest BCUT2D eigenvalue weighted by Crippen LogP contribution is 2.08. The maximum atomic E-state index is 11.2. The molecule has 6 nitrogen and oxygen atoms in total. The van der Waals surface area contributed by atoms with Crippen molar-refractivity contribution in [1.29, 1.82) is 0 Å². The molecule has 0 saturated carbocycles. The molecule has 1 heterocycles. The molecular weight excluding hydrogens is 226 g/mol. The molecule has 0 spiro atoms. The number of rotatable bonds is 7. The summed E-state index contributed by atoms with van der Waals surface area (Å²) in [6.07, 6.45) is 1.46. The number of nitrogens with zero attached hydrogens (tertiary/aromatic N) is 1. The van der Waals surface area contributed by atoms with E-state index in [-0.39, 0.29) is 26.2 Å². The van der Waals surface area contributed by atoms with Crippen LogP contribution in [-0.2, 0) is 23.8 Å². The Hall–Kier alpha value is -1.40. The normalized spacial score (nSPS) is 15.1. The second-order valence-corrected chi connectivity index (χ2v) is 3.75. The molecule has 0 aliphatic carbocycles. The number of hydrogen-bond donors (Lipinski definition) is 0. The van der Waals surface area contributed by atoms with Crippen LogP contribution in [0.1, 0.15) is 19.8 Å². The molecule has 0 N–H and O–H groups in total. The van der Waals surface area contributed by atoms with Gasteiger partial charge in [-0.2, -0.15) is 0 Å². The molecule has 96 valence electrons. The van der Waals surface area contributed by atoms with Gasteiger partial charge in [0.25, 0.3) is 0 Å². The van der Waals surface area contributed by atoms with Gasteiger partial charge in [0, 0.05) is 18.5 Å². The third-order valence-electron chi connectivity index (χ3n) is 2.21. The first kappa shape index (κ1) is 13.7. The summed E-state index contributed by atoms with van der Waals surface area (Å²) in [4.78, 5) is 23.7. The zero-order chi connectivity index (χ0) is 12.7. The second-order valence-electron chi connectivity index (χ2n) is 3.75. The first-order chi connectivity index (χ1) is 8.11. The van der Waals surface area contributed by atoms with Gasteiger partial charge < -0.3 is 19.1 Å². The lowest BCUT2D eigenvalue weighted by Gasteiger charge is -2.15. The highest BCUT2D eigenvalue weighted by molar-refractivity contribution is 5.86. The van der Waals surface area contributed by atoms with Crippen LogP contribution in [0.4, 0.5) is 0 Å². The summed E-state index contributed by atoms with van der Waals surface area (Å²) in [6.45, 7) is 5.72. The molecule has 0 bridgehead atoms. The van der Waals surface area contributed by atoms with E-state index in [4.69, 9.17) is 9.47 Å². The van der Waals surface area contributed by atoms with E-state index in [2.05, 4.69) is 11.3 Å². The first-order valence-electron chi connectivity index (χ1n) is 5.37. The minimum atomic E-state index is -0.500. The van der Waals surface area contributed by atoms with Gasteiger partial charge in [0.2, 0.25) is 5.91 Å². The van der Waals surface area contributed by atoms with Gasteiger partial charge in [-0.3, -0.25) is 4.79 Å². The van der Waals surface area contributed by atoms with Crippen molar-refractivity contribution in [3.8, 4) is 0 Å². The van der Waals surface area contributed by atoms with Crippen molar-refractivity contribution in [2.45, 2.75) is 19.8 Å². The predicted molar refractivity (Wildman–Crippen MR) is 58.6 cm³/mol. The fourth-order valence-corrected chi connectivity index (χ4v) is 1.30. The molecule has 0 unspecified atom stereocenters. The van der Waals surface area contributed by atoms with E-state index in [0.29, 0.717) is 12.0 Å². The van der Waals surface area contributed by atoms with Crippen molar-refractivity contribution < 1.29 is 23.8 Å². The highest BCUT2D eigenvalue weighted by atomic mass is 16.7. The first-order valence-corrected chi connectivity index (χ1v) is 5.37. The Labute approximate surface area is 100 Å². The zero-order valence-electron chi connectivity index (χ0n) is 9.94. The van der Waals surface area contributed by atoms with E-state index in [1.165, 1.54) is 0 Å². The minimum Gasteiger partial charge on any atom is -0.435 e. The van der Waals surface area contributed by atoms with Crippen LogP contribution >= 0.6 is 0 Å². The van der Waals surface area contributed by atoms with Gasteiger partial charge in [0.15, 0.2) is 13.6 Å². The Balaban J connectivity index is 1.96. The lowest BCUT2D eigenvalue weighted by atomic mass is 10.4. The lowest BCUT2D eigenvalue weighted by Crippen LogP contribution is -2.28. The van der Waals surface area contributed by atoms with Crippen LogP contribution in [0.25, 0.3) is 0 Å². The lowest BCUT2D eigenvalue weighted by molar-refractivity contribution is -0.169. The average molecular weight is 243 g/mol. The van der Waals surface area contributed by atoms with Crippen molar-refractivity contribution in [1.82, 2.24) is 4.90 Å². The number of likely N-dealkylation sites (tertiary alicyclic amines) is 1. The summed E-state index contributed by atoms with van der Waals surface area (Å²) < 4.78 is 14.7. The smallest absolute Gasteiger partial charge is 0.335 e. The molecule has 0 atom stereocenters. The minimum absolute atomic E-state index is 0.0206. The molecular formula is C11H17NO5. The third-order valence-corrected chi connectivity index (χ3v) is 2.21. The molecule has 1 amide bonds. The summed E-state index contributed by atoms with van der Waals surface area (Å²) in [5, 5.41) is 0. The van der Waals surface area contributed by atoms with E-state index in [1.807, 2.05) is 0 Å². The van der Waals surface area contributed by atoms with E-state index in [0.717, 1.165) is 13.0 Å². The monoisotopic (exact) mass is 243 g/mol. The average Bonchev–Trinajstić information content (AvgIpc) is 2.68. The van der Waals surface area contributed by atoms with Gasteiger partial charge in [0.05, 0.1) is 0 Å². The van der Waals surface area contributed by atoms with Crippen molar-refractivity contribution in [3.63, 3.8) is 0 Å². The van der Waals surface area contributed by atoms with Gasteiger partial charge in [0.1, 0.15) is 6.73 Å². The fraction of sp³-hybridized carbons (Fsp3) is 0.636. The van der Waals surface area contributed by atoms with Crippen molar-refractivity contribution in [3.05, 3.63) is 12.2 Å². The number of carbonyl (C=O) groups excluding carboxylic acids is 2. The van der Waals surface area contributed by atoms with Crippen LogP contribution in [0.5, 0.6) is 0 Å². The second kappa shape index (κ2) is 7.03. The molecule has 0 aromatic carbocycles. The van der Waals surface area contributed by atoms with Gasteiger partial charge >= 0.3 is 5.97 Å². The van der Waals surface area contributed by atoms with Gasteiger partial charge in [-0.1, -0.05) is 6.58 Å². The highest BCUT2D eigenvalue weighted by Gasteiger charge is 2.19. The Bertz CT molecular complexity index is 302. The van der Waals surface area contributed by atoms with Crippen LogP contribution in [0.3, 0.4) is 0 Å². The molecule has 1 aliphatic rings. The van der Waals surface area contributed by atoms with Crippen LogP contribution in [0.2, 0.25) is 0 Å². The van der Waals surface area contributed by atoms with Crippen LogP contribution < -0.4 is 0 Å². The van der Waals surface area contributed by atoms with Gasteiger partial charge in [-0.15, -0.1) is 0 Å². The van der Waals surface area contributed by atoms with E-state index < -0.39 is 5.97 Å². The largest absolute Gasteiger partial charge is 0.435 e. The van der Waals surface area contributed by atoms with Gasteiger partial charge in [-0.25, -0.2) is 4.79 Å². The van der Waals surface area contributed by atoms with E-state index >= 15 is 0 Å². The van der Waals surface area contributed by atoms with Gasteiger partial charge in [-0.05, 0) is 13.3 Å². The number of ether oxygens (including phenoxy) is 3. The number of amides is 1. The third kappa shape index (κ3) is 4.97. The standard InChI is InChI=1S/C11H17NO5/c1-9(2)11(14)17-8-16-7-15-6-12-5-3-4-10(12)13/h1,3-8H2,2H3. The Morgan fingerprint density at radius 3 is 2.76 bits per heavy atom. The summed E-state index contributed by atoms with van der Waals surface area (Å²) in [5.74, 6) is -0.404. The number of carbonyl (C=O) groups is 2. The van der Waals surface area contributed by atoms with E-state index in [9.17, 15) is 9.59 Å². The molecule has 1 fully saturated rings. The fourth-order valence-electron chi connectivity index (χ4n) is 1.30. The summed E-state index contributed by atoms with van der Waals surface area (Å²) >= 11 is 0. The summed E-state index contributed by atoms with van der Waals surface area (Å²) in [6, 6.07) is 0. The molecule has 0 aromatic heterocycles. The van der Waals surface area contributed by atoms with Crippen LogP contribution in [0, 0.1) is 0 Å². The molecule has 0 radical (unpaired) electrons. The summed E-state index contributed by atoms with van der Waals surface area (Å²) in [5.41, 5.74) is 0.317. The number of hydrogen-bond acceptors (Lipinski definition) is 5. The zero-order valence-corrected chi connectivity index (χ0v) is 9.94. The maximum absolute atomic E-state index is 11.2. The molecule has 0 aromatic rings. The van der Waals surface area contributed by atoms with Crippen LogP contribution in [-0.4, -0.2) is 43.6 Å². The van der Waals surface area contributed by atoms with Crippen molar-refractivity contribution in [2.24, 2.45) is 0 Å². The van der Waals surface area contributed by atoms with E-state index in [1.54, 1.807) is 11.8 Å². The quantitative estimate of drug-likeness (QED) is 0.284. The molecule has 1 aliphatic heterocycles. The number of esters is 1. The van der Waals surface area contributed by atoms with Crippen LogP contribution in [0.15, 0.2) is 12.2 Å². The summed E-state index contributed by atoms with van der Waals surface area (Å²) in [7, 11) is 0. The Kier molecular flexibility index (Phi) is 5.65. The molecule has 6 heteroatoms. The Morgan fingerprint density at radius 2 is 2.18 bits per heavy atom. The predicted octanol–water partition coefficient (Wildman–Crippen LogP) is 0.634. The molecule has 17 heavy (non-hydrogen) atoms. The topological polar surface area (TPSA) is 65.1 Å². The van der Waals surface area contributed by atoms with Crippen molar-refractivity contribution in [2.75, 3.05) is 26.9 Å². The molecule has 1 saturated heterocycles. The maximum Gasteiger partial charge on any atom is 0.335 e. The SMILES string of the molecule is C=C(C)C(=O)OCOCOCN1CCCC1=O.